The fourth-order valence-electron chi connectivity index (χ4n) is 3.87. The number of nitrogens with one attached hydrogen (secondary N) is 3. The van der Waals surface area contributed by atoms with Crippen LogP contribution in [0.3, 0.4) is 0 Å². The van der Waals surface area contributed by atoms with Crippen LogP contribution in [0.15, 0.2) is 48.5 Å². The Kier molecular flexibility index (Phi) is 6.45. The maximum atomic E-state index is 12.9. The Balaban J connectivity index is 1.51. The molecular formula is C23H25N5O3S. The van der Waals surface area contributed by atoms with E-state index in [2.05, 4.69) is 16.0 Å². The molecule has 0 saturated carbocycles. The van der Waals surface area contributed by atoms with E-state index in [1.54, 1.807) is 36.0 Å². The highest BCUT2D eigenvalue weighted by atomic mass is 32.2. The van der Waals surface area contributed by atoms with Crippen LogP contribution in [0.5, 0.6) is 0 Å². The number of anilines is 1. The summed E-state index contributed by atoms with van der Waals surface area (Å²) in [5.41, 5.74) is 2.66. The second-order valence-corrected chi connectivity index (χ2v) is 8.67. The molecule has 0 spiro atoms. The number of carbonyl (C=O) groups is 3. The van der Waals surface area contributed by atoms with E-state index in [-0.39, 0.29) is 24.3 Å². The van der Waals surface area contributed by atoms with Gasteiger partial charge in [0.05, 0.1) is 34.7 Å². The van der Waals surface area contributed by atoms with Crippen molar-refractivity contribution in [3.05, 3.63) is 59.9 Å². The molecule has 9 heteroatoms. The summed E-state index contributed by atoms with van der Waals surface area (Å²) in [6.45, 7) is 0. The van der Waals surface area contributed by atoms with Crippen LogP contribution in [-0.4, -0.2) is 45.3 Å². The molecule has 3 N–H and O–H groups in total. The van der Waals surface area contributed by atoms with Gasteiger partial charge < -0.3 is 20.5 Å². The van der Waals surface area contributed by atoms with Gasteiger partial charge in [0.1, 0.15) is 11.9 Å². The number of hydrogen-bond donors (Lipinski definition) is 3. The Labute approximate surface area is 190 Å². The highest BCUT2D eigenvalue weighted by Crippen LogP contribution is 2.23. The van der Waals surface area contributed by atoms with Crippen molar-refractivity contribution in [1.82, 2.24) is 20.2 Å². The summed E-state index contributed by atoms with van der Waals surface area (Å²) in [4.78, 5) is 42.8. The molecule has 2 atom stereocenters. The highest BCUT2D eigenvalue weighted by Gasteiger charge is 2.30. The number of aryl methyl sites for hydroxylation is 1. The van der Waals surface area contributed by atoms with Gasteiger partial charge in [-0.25, -0.2) is 4.98 Å². The first-order valence-electron chi connectivity index (χ1n) is 10.4. The number of nitrogens with zero attached hydrogens (tertiary/aromatic N) is 2. The largest absolute Gasteiger partial charge is 0.346 e. The lowest BCUT2D eigenvalue weighted by Gasteiger charge is -2.20. The average Bonchev–Trinajstić information content (AvgIpc) is 3.07. The highest BCUT2D eigenvalue weighted by molar-refractivity contribution is 7.98. The van der Waals surface area contributed by atoms with Crippen LogP contribution < -0.4 is 16.0 Å². The lowest BCUT2D eigenvalue weighted by atomic mass is 10.1. The number of benzene rings is 2. The molecule has 0 radical (unpaired) electrons. The Hall–Kier alpha value is -3.33. The normalized spacial score (nSPS) is 16.6. The minimum atomic E-state index is -0.962. The molecule has 2 aromatic carbocycles. The molecule has 0 aliphatic carbocycles. The van der Waals surface area contributed by atoms with Gasteiger partial charge in [-0.1, -0.05) is 24.3 Å². The van der Waals surface area contributed by atoms with Crippen molar-refractivity contribution in [2.45, 2.75) is 24.9 Å². The Bertz CT molecular complexity index is 1180. The van der Waals surface area contributed by atoms with Crippen LogP contribution in [0.2, 0.25) is 0 Å². The number of hydrogen-bond acceptors (Lipinski definition) is 5. The summed E-state index contributed by atoms with van der Waals surface area (Å²) in [5.74, 6) is 0.474. The molecule has 8 nitrogen and oxygen atoms in total. The third-order valence-corrected chi connectivity index (χ3v) is 6.16. The van der Waals surface area contributed by atoms with Crippen molar-refractivity contribution in [3.8, 4) is 0 Å². The van der Waals surface area contributed by atoms with Crippen LogP contribution >= 0.6 is 11.8 Å². The van der Waals surface area contributed by atoms with Gasteiger partial charge in [0.15, 0.2) is 0 Å². The molecule has 0 fully saturated rings. The maximum absolute atomic E-state index is 12.9. The summed E-state index contributed by atoms with van der Waals surface area (Å²) < 4.78 is 1.98. The standard InChI is InChI=1S/C23H25N5O3S/c1-28-19-10-6-5-9-16(19)25-21(28)17(11-12-32-2)24-20(29)13-18-23(31)26-15-8-4-3-7-14(15)22(30)27-18/h3-10,17-18H,11-13H2,1-2H3,(H,24,29)(H,26,31)(H,27,30)/t17-,18-/m0/s1. The second kappa shape index (κ2) is 9.44. The van der Waals surface area contributed by atoms with Gasteiger partial charge >= 0.3 is 0 Å². The molecule has 0 bridgehead atoms. The molecule has 1 aromatic heterocycles. The van der Waals surface area contributed by atoms with Gasteiger partial charge in [0, 0.05) is 7.05 Å². The number of carbonyl (C=O) groups excluding carboxylic acids is 3. The minimum absolute atomic E-state index is 0.161. The van der Waals surface area contributed by atoms with Gasteiger partial charge in [0.2, 0.25) is 11.8 Å². The van der Waals surface area contributed by atoms with Crippen molar-refractivity contribution in [1.29, 1.82) is 0 Å². The molecule has 1 aliphatic rings. The summed E-state index contributed by atoms with van der Waals surface area (Å²) in [7, 11) is 1.93. The number of aromatic nitrogens is 2. The molecule has 3 aromatic rings. The van der Waals surface area contributed by atoms with E-state index >= 15 is 0 Å². The van der Waals surface area contributed by atoms with Crippen LogP contribution in [0.25, 0.3) is 11.0 Å². The number of amides is 3. The number of para-hydroxylation sites is 3. The first-order chi connectivity index (χ1) is 15.5. The molecule has 1 aliphatic heterocycles. The monoisotopic (exact) mass is 451 g/mol. The Morgan fingerprint density at radius 1 is 1.19 bits per heavy atom. The van der Waals surface area contributed by atoms with E-state index in [4.69, 9.17) is 4.98 Å². The lowest BCUT2D eigenvalue weighted by molar-refractivity contribution is -0.126. The first kappa shape index (κ1) is 21.9. The van der Waals surface area contributed by atoms with Crippen molar-refractivity contribution < 1.29 is 14.4 Å². The van der Waals surface area contributed by atoms with Crippen molar-refractivity contribution >= 4 is 46.2 Å². The third-order valence-electron chi connectivity index (χ3n) is 5.52. The molecule has 3 amide bonds. The molecular weight excluding hydrogens is 426 g/mol. The fraction of sp³-hybridized carbons (Fsp3) is 0.304. The predicted molar refractivity (Wildman–Crippen MR) is 126 cm³/mol. The third kappa shape index (κ3) is 4.47. The van der Waals surface area contributed by atoms with E-state index in [1.807, 2.05) is 42.1 Å². The predicted octanol–water partition coefficient (Wildman–Crippen LogP) is 2.62. The smallest absolute Gasteiger partial charge is 0.254 e. The van der Waals surface area contributed by atoms with E-state index in [1.165, 1.54) is 0 Å². The Morgan fingerprint density at radius 3 is 2.72 bits per heavy atom. The number of thioether (sulfide) groups is 1. The minimum Gasteiger partial charge on any atom is -0.346 e. The maximum Gasteiger partial charge on any atom is 0.254 e. The topological polar surface area (TPSA) is 105 Å². The average molecular weight is 452 g/mol. The summed E-state index contributed by atoms with van der Waals surface area (Å²) in [5, 5.41) is 8.43. The SMILES string of the molecule is CSCC[C@H](NC(=O)C[C@@H]1NC(=O)c2ccccc2NC1=O)c1nc2ccccc2n1C. The zero-order valence-corrected chi connectivity index (χ0v) is 18.7. The number of fused-ring (bicyclic) bond motifs is 2. The number of rotatable bonds is 7. The zero-order chi connectivity index (χ0) is 22.7. The van der Waals surface area contributed by atoms with Gasteiger partial charge in [-0.3, -0.25) is 14.4 Å². The summed E-state index contributed by atoms with van der Waals surface area (Å²) in [6, 6.07) is 13.3. The lowest BCUT2D eigenvalue weighted by Crippen LogP contribution is -2.45. The molecule has 0 unspecified atom stereocenters. The zero-order valence-electron chi connectivity index (χ0n) is 17.9. The Morgan fingerprint density at radius 2 is 1.94 bits per heavy atom. The fourth-order valence-corrected chi connectivity index (χ4v) is 4.34. The van der Waals surface area contributed by atoms with Crippen LogP contribution in [0, 0.1) is 0 Å². The van der Waals surface area contributed by atoms with Crippen molar-refractivity contribution in [2.24, 2.45) is 7.05 Å². The van der Waals surface area contributed by atoms with E-state index in [0.29, 0.717) is 17.7 Å². The van der Waals surface area contributed by atoms with Gasteiger partial charge in [-0.2, -0.15) is 11.8 Å². The van der Waals surface area contributed by atoms with Crippen LogP contribution in [-0.2, 0) is 16.6 Å². The van der Waals surface area contributed by atoms with Crippen molar-refractivity contribution in [3.63, 3.8) is 0 Å². The van der Waals surface area contributed by atoms with Gasteiger partial charge in [-0.05, 0) is 42.7 Å². The van der Waals surface area contributed by atoms with E-state index < -0.39 is 11.9 Å². The van der Waals surface area contributed by atoms with Crippen LogP contribution in [0.1, 0.15) is 35.1 Å². The molecule has 32 heavy (non-hydrogen) atoms. The number of imidazole rings is 1. The van der Waals surface area contributed by atoms with Crippen LogP contribution in [0.4, 0.5) is 5.69 Å². The molecule has 166 valence electrons. The molecule has 2 heterocycles. The van der Waals surface area contributed by atoms with Crippen molar-refractivity contribution in [2.75, 3.05) is 17.3 Å². The first-order valence-corrected chi connectivity index (χ1v) is 11.8. The quantitative estimate of drug-likeness (QED) is 0.512. The van der Waals surface area contributed by atoms with Gasteiger partial charge in [0.25, 0.3) is 5.91 Å². The summed E-state index contributed by atoms with van der Waals surface area (Å²) >= 11 is 1.69. The second-order valence-electron chi connectivity index (χ2n) is 7.68. The summed E-state index contributed by atoms with van der Waals surface area (Å²) in [6.07, 6.45) is 2.54. The molecule has 4 rings (SSSR count). The molecule has 0 saturated heterocycles. The van der Waals surface area contributed by atoms with E-state index in [9.17, 15) is 14.4 Å². The van der Waals surface area contributed by atoms with E-state index in [0.717, 1.165) is 22.6 Å². The van der Waals surface area contributed by atoms with Gasteiger partial charge in [-0.15, -0.1) is 0 Å².